The smallest absolute Gasteiger partial charge is 0.407 e. The number of aromatic nitrogens is 3. The average Bonchev–Trinajstić information content (AvgIpc) is 2.76. The fourth-order valence-electron chi connectivity index (χ4n) is 1.35. The maximum absolute atomic E-state index is 10.8. The number of ether oxygens (including phenoxy) is 1. The van der Waals surface area contributed by atoms with Gasteiger partial charge in [-0.1, -0.05) is 5.21 Å². The minimum absolute atomic E-state index is 0.136. The molecule has 1 fully saturated rings. The first-order chi connectivity index (χ1) is 7.15. The molecule has 1 aromatic rings. The summed E-state index contributed by atoms with van der Waals surface area (Å²) in [6.45, 7) is 2.84. The Kier molecular flexibility index (Phi) is 2.55. The van der Waals surface area contributed by atoms with Gasteiger partial charge in [0.1, 0.15) is 6.10 Å². The minimum Gasteiger partial charge on any atom is -0.442 e. The van der Waals surface area contributed by atoms with Crippen LogP contribution in [0.3, 0.4) is 0 Å². The van der Waals surface area contributed by atoms with Gasteiger partial charge >= 0.3 is 6.09 Å². The molecule has 2 atom stereocenters. The number of hydrogen-bond acceptors (Lipinski definition) is 5. The summed E-state index contributed by atoms with van der Waals surface area (Å²) >= 11 is 0. The normalized spacial score (nSPS) is 22.3. The second-order valence-electron chi connectivity index (χ2n) is 3.56. The molecule has 0 radical (unpaired) electrons. The van der Waals surface area contributed by atoms with Gasteiger partial charge in [-0.05, 0) is 6.92 Å². The zero-order valence-corrected chi connectivity index (χ0v) is 8.38. The predicted molar refractivity (Wildman–Crippen MR) is 50.9 cm³/mol. The third-order valence-electron chi connectivity index (χ3n) is 2.16. The highest BCUT2D eigenvalue weighted by molar-refractivity contribution is 5.69. The van der Waals surface area contributed by atoms with E-state index < -0.39 is 0 Å². The van der Waals surface area contributed by atoms with Gasteiger partial charge < -0.3 is 15.8 Å². The summed E-state index contributed by atoms with van der Waals surface area (Å²) in [5, 5.41) is 10.4. The van der Waals surface area contributed by atoms with Crippen LogP contribution in [0.5, 0.6) is 0 Å². The van der Waals surface area contributed by atoms with Crippen LogP contribution in [0.1, 0.15) is 18.7 Å². The summed E-state index contributed by atoms with van der Waals surface area (Å²) in [5.74, 6) is 0. The van der Waals surface area contributed by atoms with E-state index in [1.54, 1.807) is 10.9 Å². The van der Waals surface area contributed by atoms with E-state index >= 15 is 0 Å². The molecular weight excluding hydrogens is 198 g/mol. The third-order valence-corrected chi connectivity index (χ3v) is 2.16. The number of carbonyl (C=O) groups is 1. The van der Waals surface area contributed by atoms with Crippen LogP contribution >= 0.6 is 0 Å². The average molecular weight is 211 g/mol. The van der Waals surface area contributed by atoms with E-state index in [4.69, 9.17) is 10.5 Å². The van der Waals surface area contributed by atoms with Gasteiger partial charge in [0.05, 0.1) is 25.0 Å². The van der Waals surface area contributed by atoms with Crippen molar-refractivity contribution >= 4 is 6.09 Å². The first kappa shape index (κ1) is 9.91. The van der Waals surface area contributed by atoms with E-state index in [0.717, 1.165) is 5.69 Å². The topological polar surface area (TPSA) is 95.1 Å². The van der Waals surface area contributed by atoms with Gasteiger partial charge in [-0.25, -0.2) is 9.48 Å². The van der Waals surface area contributed by atoms with Crippen molar-refractivity contribution in [2.75, 3.05) is 6.54 Å². The van der Waals surface area contributed by atoms with Crippen molar-refractivity contribution in [3.8, 4) is 0 Å². The number of cyclic esters (lactones) is 1. The van der Waals surface area contributed by atoms with E-state index in [1.807, 2.05) is 6.92 Å². The third kappa shape index (κ3) is 2.24. The molecule has 0 bridgehead atoms. The second kappa shape index (κ2) is 3.85. The molecule has 0 aromatic carbocycles. The molecule has 1 aliphatic heterocycles. The second-order valence-corrected chi connectivity index (χ2v) is 3.56. The van der Waals surface area contributed by atoms with Crippen LogP contribution in [0, 0.1) is 0 Å². The van der Waals surface area contributed by atoms with E-state index in [2.05, 4.69) is 15.6 Å². The Hall–Kier alpha value is -1.63. The van der Waals surface area contributed by atoms with Gasteiger partial charge in [0.2, 0.25) is 0 Å². The quantitative estimate of drug-likeness (QED) is 0.696. The highest BCUT2D eigenvalue weighted by Crippen LogP contribution is 2.06. The summed E-state index contributed by atoms with van der Waals surface area (Å²) in [5.41, 5.74) is 6.37. The van der Waals surface area contributed by atoms with E-state index in [9.17, 15) is 4.79 Å². The number of nitrogens with two attached hydrogens (primary N) is 1. The van der Waals surface area contributed by atoms with E-state index in [1.165, 1.54) is 0 Å². The lowest BCUT2D eigenvalue weighted by atomic mass is 10.3. The molecule has 1 saturated heterocycles. The molecule has 0 aliphatic carbocycles. The van der Waals surface area contributed by atoms with Crippen molar-refractivity contribution in [1.29, 1.82) is 0 Å². The molecule has 1 aromatic heterocycles. The molecular formula is C8H13N5O2. The highest BCUT2D eigenvalue weighted by Gasteiger charge is 2.23. The molecule has 1 aliphatic rings. The first-order valence-corrected chi connectivity index (χ1v) is 4.75. The predicted octanol–water partition coefficient (Wildman–Crippen LogP) is -0.594. The summed E-state index contributed by atoms with van der Waals surface area (Å²) < 4.78 is 6.59. The molecule has 3 N–H and O–H groups in total. The molecule has 2 unspecified atom stereocenters. The molecule has 2 heterocycles. The van der Waals surface area contributed by atoms with Gasteiger partial charge in [0.15, 0.2) is 0 Å². The Bertz CT molecular complexity index is 362. The molecule has 0 spiro atoms. The lowest BCUT2D eigenvalue weighted by Crippen LogP contribution is -2.20. The lowest BCUT2D eigenvalue weighted by molar-refractivity contribution is 0.128. The summed E-state index contributed by atoms with van der Waals surface area (Å²) in [6, 6.07) is -0.136. The fraction of sp³-hybridized carbons (Fsp3) is 0.625. The maximum atomic E-state index is 10.8. The van der Waals surface area contributed by atoms with Crippen molar-refractivity contribution < 1.29 is 9.53 Å². The largest absolute Gasteiger partial charge is 0.442 e. The lowest BCUT2D eigenvalue weighted by Gasteiger charge is -2.06. The molecule has 1 amide bonds. The van der Waals surface area contributed by atoms with E-state index in [0.29, 0.717) is 13.1 Å². The number of hydrogen-bond donors (Lipinski definition) is 2. The zero-order chi connectivity index (χ0) is 10.8. The molecule has 15 heavy (non-hydrogen) atoms. The zero-order valence-electron chi connectivity index (χ0n) is 8.38. The molecule has 7 heteroatoms. The fourth-order valence-corrected chi connectivity index (χ4v) is 1.35. The number of rotatable bonds is 3. The molecule has 2 rings (SSSR count). The van der Waals surface area contributed by atoms with Gasteiger partial charge in [0.25, 0.3) is 0 Å². The Balaban J connectivity index is 1.96. The van der Waals surface area contributed by atoms with Crippen molar-refractivity contribution in [2.45, 2.75) is 25.6 Å². The number of alkyl carbamates (subject to hydrolysis) is 1. The SMILES string of the molecule is CC(N)c1cn(CC2CNC(=O)O2)nn1. The molecule has 0 saturated carbocycles. The van der Waals surface area contributed by atoms with Crippen LogP contribution in [0.2, 0.25) is 0 Å². The molecule has 7 nitrogen and oxygen atoms in total. The number of nitrogens with one attached hydrogen (secondary N) is 1. The Morgan fingerprint density at radius 2 is 2.67 bits per heavy atom. The van der Waals surface area contributed by atoms with Crippen molar-refractivity contribution in [3.63, 3.8) is 0 Å². The van der Waals surface area contributed by atoms with Crippen molar-refractivity contribution in [1.82, 2.24) is 20.3 Å². The van der Waals surface area contributed by atoms with Crippen LogP contribution in [-0.2, 0) is 11.3 Å². The van der Waals surface area contributed by atoms with Gasteiger partial charge in [-0.2, -0.15) is 0 Å². The van der Waals surface area contributed by atoms with Gasteiger partial charge in [-0.3, -0.25) is 0 Å². The van der Waals surface area contributed by atoms with Gasteiger partial charge in [-0.15, -0.1) is 5.10 Å². The van der Waals surface area contributed by atoms with Crippen LogP contribution in [0.25, 0.3) is 0 Å². The Morgan fingerprint density at radius 1 is 1.87 bits per heavy atom. The number of carbonyl (C=O) groups excluding carboxylic acids is 1. The minimum atomic E-state index is -0.382. The standard InChI is InChI=1S/C8H13N5O2/c1-5(9)7-4-13(12-11-7)3-6-2-10-8(14)15-6/h4-6H,2-3,9H2,1H3,(H,10,14). The highest BCUT2D eigenvalue weighted by atomic mass is 16.6. The van der Waals surface area contributed by atoms with Crippen LogP contribution < -0.4 is 11.1 Å². The van der Waals surface area contributed by atoms with E-state index in [-0.39, 0.29) is 18.2 Å². The van der Waals surface area contributed by atoms with Crippen LogP contribution in [0.15, 0.2) is 6.20 Å². The van der Waals surface area contributed by atoms with Crippen LogP contribution in [0.4, 0.5) is 4.79 Å². The van der Waals surface area contributed by atoms with Crippen LogP contribution in [-0.4, -0.2) is 33.7 Å². The number of amides is 1. The summed E-state index contributed by atoms with van der Waals surface area (Å²) in [4.78, 5) is 10.8. The first-order valence-electron chi connectivity index (χ1n) is 4.75. The Morgan fingerprint density at radius 3 is 3.20 bits per heavy atom. The Labute approximate surface area is 86.6 Å². The van der Waals surface area contributed by atoms with Crippen molar-refractivity contribution in [2.24, 2.45) is 5.73 Å². The summed E-state index contributed by atoms with van der Waals surface area (Å²) in [7, 11) is 0. The monoisotopic (exact) mass is 211 g/mol. The summed E-state index contributed by atoms with van der Waals surface area (Å²) in [6.07, 6.45) is 1.20. The maximum Gasteiger partial charge on any atom is 0.407 e. The molecule has 82 valence electrons. The number of nitrogens with zero attached hydrogens (tertiary/aromatic N) is 3. The van der Waals surface area contributed by atoms with Crippen molar-refractivity contribution in [3.05, 3.63) is 11.9 Å². The van der Waals surface area contributed by atoms with Gasteiger partial charge in [0, 0.05) is 6.04 Å².